The number of thiophene rings is 1. The van der Waals surface area contributed by atoms with E-state index in [2.05, 4.69) is 14.8 Å². The summed E-state index contributed by atoms with van der Waals surface area (Å²) in [6.45, 7) is 1.36. The summed E-state index contributed by atoms with van der Waals surface area (Å²) in [4.78, 5) is 22.7. The van der Waals surface area contributed by atoms with Crippen molar-refractivity contribution in [2.75, 3.05) is 17.1 Å². The summed E-state index contributed by atoms with van der Waals surface area (Å²) in [5, 5.41) is 4.13. The summed E-state index contributed by atoms with van der Waals surface area (Å²) >= 11 is 1.08. The number of hydrogen-bond acceptors (Lipinski definition) is 6. The highest BCUT2D eigenvalue weighted by molar-refractivity contribution is 7.92. The first kappa shape index (κ1) is 17.0. The third-order valence-corrected chi connectivity index (χ3v) is 5.04. The summed E-state index contributed by atoms with van der Waals surface area (Å²) in [5.74, 6) is -0.863. The predicted molar refractivity (Wildman–Crippen MR) is 87.2 cm³/mol. The van der Waals surface area contributed by atoms with Crippen molar-refractivity contribution in [2.24, 2.45) is 0 Å². The Hall–Kier alpha value is -2.39. The van der Waals surface area contributed by atoms with Crippen molar-refractivity contribution in [3.05, 3.63) is 40.6 Å². The fourth-order valence-corrected chi connectivity index (χ4v) is 3.67. The second kappa shape index (κ2) is 6.80. The van der Waals surface area contributed by atoms with Crippen LogP contribution >= 0.6 is 11.3 Å². The minimum Gasteiger partial charge on any atom is -0.465 e. The van der Waals surface area contributed by atoms with Crippen molar-refractivity contribution in [3.63, 3.8) is 0 Å². The van der Waals surface area contributed by atoms with E-state index in [1.54, 1.807) is 5.38 Å². The van der Waals surface area contributed by atoms with Crippen LogP contribution in [0, 0.1) is 0 Å². The molecule has 7 nitrogen and oxygen atoms in total. The van der Waals surface area contributed by atoms with Gasteiger partial charge in [0.15, 0.2) is 0 Å². The molecule has 0 bridgehead atoms. The zero-order valence-corrected chi connectivity index (χ0v) is 14.0. The monoisotopic (exact) mass is 354 g/mol. The van der Waals surface area contributed by atoms with Crippen LogP contribution in [0.3, 0.4) is 0 Å². The number of rotatable bonds is 5. The van der Waals surface area contributed by atoms with Gasteiger partial charge in [0.05, 0.1) is 17.7 Å². The van der Waals surface area contributed by atoms with Crippen LogP contribution in [0.1, 0.15) is 16.6 Å². The Morgan fingerprint density at radius 3 is 2.35 bits per heavy atom. The largest absolute Gasteiger partial charge is 0.465 e. The lowest BCUT2D eigenvalue weighted by Gasteiger charge is -2.09. The van der Waals surface area contributed by atoms with Crippen molar-refractivity contribution in [2.45, 2.75) is 11.8 Å². The quantitative estimate of drug-likeness (QED) is 0.802. The standard InChI is InChI=1S/C14H14N2O5S2/c1-9(17)15-10-3-5-11(6-4-10)23(19,20)16-12-7-8-22-13(12)14(18)21-2/h3-8,16H,1-2H3,(H,15,17). The lowest BCUT2D eigenvalue weighted by atomic mass is 10.3. The zero-order valence-electron chi connectivity index (χ0n) is 12.3. The van der Waals surface area contributed by atoms with Gasteiger partial charge < -0.3 is 10.1 Å². The number of nitrogens with one attached hydrogen (secondary N) is 2. The average molecular weight is 354 g/mol. The lowest BCUT2D eigenvalue weighted by molar-refractivity contribution is -0.114. The molecule has 0 saturated carbocycles. The third kappa shape index (κ3) is 4.08. The van der Waals surface area contributed by atoms with E-state index >= 15 is 0 Å². The van der Waals surface area contributed by atoms with Crippen molar-refractivity contribution < 1.29 is 22.7 Å². The van der Waals surface area contributed by atoms with Gasteiger partial charge in [-0.1, -0.05) is 0 Å². The van der Waals surface area contributed by atoms with E-state index in [1.165, 1.54) is 44.4 Å². The molecule has 0 aliphatic rings. The lowest BCUT2D eigenvalue weighted by Crippen LogP contribution is -2.15. The zero-order chi connectivity index (χ0) is 17.0. The molecule has 0 atom stereocenters. The molecule has 1 heterocycles. The Morgan fingerprint density at radius 1 is 1.13 bits per heavy atom. The maximum Gasteiger partial charge on any atom is 0.350 e. The molecule has 2 rings (SSSR count). The van der Waals surface area contributed by atoms with Gasteiger partial charge in [0, 0.05) is 12.6 Å². The number of benzene rings is 1. The molecule has 2 aromatic rings. The molecule has 0 fully saturated rings. The van der Waals surface area contributed by atoms with E-state index in [0.29, 0.717) is 5.69 Å². The first-order valence-corrected chi connectivity index (χ1v) is 8.76. The molecule has 2 N–H and O–H groups in total. The average Bonchev–Trinajstić information content (AvgIpc) is 2.93. The maximum atomic E-state index is 12.4. The summed E-state index contributed by atoms with van der Waals surface area (Å²) in [5.41, 5.74) is 0.648. The molecule has 0 radical (unpaired) electrons. The van der Waals surface area contributed by atoms with Crippen LogP contribution in [-0.4, -0.2) is 27.4 Å². The van der Waals surface area contributed by atoms with Gasteiger partial charge in [-0.25, -0.2) is 13.2 Å². The number of anilines is 2. The molecular formula is C14H14N2O5S2. The van der Waals surface area contributed by atoms with Gasteiger partial charge >= 0.3 is 5.97 Å². The molecule has 1 amide bonds. The Labute approximate surface area is 137 Å². The normalized spacial score (nSPS) is 10.9. The van der Waals surface area contributed by atoms with Crippen molar-refractivity contribution >= 4 is 44.6 Å². The maximum absolute atomic E-state index is 12.4. The van der Waals surface area contributed by atoms with Gasteiger partial charge in [-0.2, -0.15) is 0 Å². The highest BCUT2D eigenvalue weighted by atomic mass is 32.2. The molecule has 1 aromatic carbocycles. The van der Waals surface area contributed by atoms with E-state index < -0.39 is 16.0 Å². The first-order chi connectivity index (χ1) is 10.8. The van der Waals surface area contributed by atoms with E-state index in [1.807, 2.05) is 0 Å². The fourth-order valence-electron chi connectivity index (χ4n) is 1.76. The van der Waals surface area contributed by atoms with E-state index in [4.69, 9.17) is 0 Å². The van der Waals surface area contributed by atoms with E-state index in [0.717, 1.165) is 11.3 Å². The van der Waals surface area contributed by atoms with Crippen molar-refractivity contribution in [1.82, 2.24) is 0 Å². The number of sulfonamides is 1. The van der Waals surface area contributed by atoms with Gasteiger partial charge in [0.1, 0.15) is 4.88 Å². The van der Waals surface area contributed by atoms with Gasteiger partial charge in [-0.15, -0.1) is 11.3 Å². The second-order valence-electron chi connectivity index (χ2n) is 4.47. The van der Waals surface area contributed by atoms with E-state index in [9.17, 15) is 18.0 Å². The predicted octanol–water partition coefficient (Wildman–Crippen LogP) is 2.29. The van der Waals surface area contributed by atoms with Crippen LogP contribution in [0.15, 0.2) is 40.6 Å². The third-order valence-electron chi connectivity index (χ3n) is 2.77. The summed E-state index contributed by atoms with van der Waals surface area (Å²) in [7, 11) is -2.63. The fraction of sp³-hybridized carbons (Fsp3) is 0.143. The molecule has 23 heavy (non-hydrogen) atoms. The summed E-state index contributed by atoms with van der Waals surface area (Å²) in [6.07, 6.45) is 0. The van der Waals surface area contributed by atoms with Crippen LogP contribution in [0.2, 0.25) is 0 Å². The second-order valence-corrected chi connectivity index (χ2v) is 7.06. The van der Waals surface area contributed by atoms with Crippen molar-refractivity contribution in [1.29, 1.82) is 0 Å². The highest BCUT2D eigenvalue weighted by Crippen LogP contribution is 2.26. The van der Waals surface area contributed by atoms with Gasteiger partial charge in [-0.05, 0) is 35.7 Å². The number of amides is 1. The highest BCUT2D eigenvalue weighted by Gasteiger charge is 2.20. The number of ether oxygens (including phenoxy) is 1. The molecule has 0 aliphatic carbocycles. The topological polar surface area (TPSA) is 102 Å². The summed E-state index contributed by atoms with van der Waals surface area (Å²) in [6, 6.07) is 7.16. The molecule has 1 aromatic heterocycles. The van der Waals surface area contributed by atoms with Crippen LogP contribution in [0.25, 0.3) is 0 Å². The number of carbonyl (C=O) groups is 2. The Bertz CT molecular complexity index is 825. The van der Waals surface area contributed by atoms with Crippen LogP contribution in [-0.2, 0) is 19.6 Å². The van der Waals surface area contributed by atoms with E-state index in [-0.39, 0.29) is 21.4 Å². The minimum atomic E-state index is -3.86. The van der Waals surface area contributed by atoms with Crippen LogP contribution < -0.4 is 10.0 Å². The molecule has 0 saturated heterocycles. The van der Waals surface area contributed by atoms with Crippen LogP contribution in [0.4, 0.5) is 11.4 Å². The molecule has 122 valence electrons. The molecule has 0 spiro atoms. The Balaban J connectivity index is 2.24. The first-order valence-electron chi connectivity index (χ1n) is 6.40. The minimum absolute atomic E-state index is 0.00798. The van der Waals surface area contributed by atoms with Gasteiger partial charge in [-0.3, -0.25) is 9.52 Å². The Morgan fingerprint density at radius 2 is 1.78 bits per heavy atom. The number of hydrogen-bond donors (Lipinski definition) is 2. The number of methoxy groups -OCH3 is 1. The summed E-state index contributed by atoms with van der Waals surface area (Å²) < 4.78 is 31.7. The molecule has 0 unspecified atom stereocenters. The molecular weight excluding hydrogens is 340 g/mol. The van der Waals surface area contributed by atoms with Gasteiger partial charge in [0.25, 0.3) is 10.0 Å². The smallest absolute Gasteiger partial charge is 0.350 e. The number of esters is 1. The van der Waals surface area contributed by atoms with Crippen molar-refractivity contribution in [3.8, 4) is 0 Å². The molecule has 0 aliphatic heterocycles. The number of carbonyl (C=O) groups excluding carboxylic acids is 2. The SMILES string of the molecule is COC(=O)c1sccc1NS(=O)(=O)c1ccc(NC(C)=O)cc1. The molecule has 9 heteroatoms. The van der Waals surface area contributed by atoms with Crippen LogP contribution in [0.5, 0.6) is 0 Å². The van der Waals surface area contributed by atoms with Gasteiger partial charge in [0.2, 0.25) is 5.91 Å². The Kier molecular flexibility index (Phi) is 5.02.